The largest absolute Gasteiger partial charge is 0.480 e. The molecule has 0 saturated carbocycles. The summed E-state index contributed by atoms with van der Waals surface area (Å²) >= 11 is 0. The first-order valence-electron chi connectivity index (χ1n) is 7.67. The van der Waals surface area contributed by atoms with Gasteiger partial charge in [-0.15, -0.1) is 0 Å². The molecule has 1 amide bonds. The van der Waals surface area contributed by atoms with Crippen molar-refractivity contribution < 1.29 is 14.7 Å². The van der Waals surface area contributed by atoms with Gasteiger partial charge in [0.25, 0.3) is 11.5 Å². The highest BCUT2D eigenvalue weighted by molar-refractivity contribution is 5.96. The van der Waals surface area contributed by atoms with E-state index >= 15 is 0 Å². The van der Waals surface area contributed by atoms with Crippen LogP contribution in [0.1, 0.15) is 54.7 Å². The number of amides is 1. The molecule has 0 unspecified atom stereocenters. The lowest BCUT2D eigenvalue weighted by Crippen LogP contribution is -2.43. The summed E-state index contributed by atoms with van der Waals surface area (Å²) in [5.41, 5.74) is 1.42. The lowest BCUT2D eigenvalue weighted by Gasteiger charge is -2.18. The Morgan fingerprint density at radius 2 is 2.00 bits per heavy atom. The van der Waals surface area contributed by atoms with Crippen LogP contribution in [0.4, 0.5) is 0 Å². The fraction of sp³-hybridized carbons (Fsp3) is 0.562. The highest BCUT2D eigenvalue weighted by atomic mass is 16.4. The highest BCUT2D eigenvalue weighted by Gasteiger charge is 2.24. The van der Waals surface area contributed by atoms with Crippen molar-refractivity contribution in [1.82, 2.24) is 10.3 Å². The maximum Gasteiger partial charge on any atom is 0.326 e. The quantitative estimate of drug-likeness (QED) is 0.767. The summed E-state index contributed by atoms with van der Waals surface area (Å²) in [6.45, 7) is 3.77. The molecule has 0 spiro atoms. The molecular formula is C16H22N2O4. The van der Waals surface area contributed by atoms with Gasteiger partial charge in [-0.2, -0.15) is 0 Å². The standard InChI is InChI=1S/C16H22N2O4/c1-9(2)7-13(16(21)22)18-15(20)11-8-10-5-3-4-6-12(10)17-14(11)19/h8-9,13H,3-7H2,1-2H3,(H,17,19)(H,18,20)(H,21,22)/t13-/m1/s1. The lowest BCUT2D eigenvalue weighted by molar-refractivity contribution is -0.139. The molecule has 22 heavy (non-hydrogen) atoms. The van der Waals surface area contributed by atoms with Crippen molar-refractivity contribution in [3.05, 3.63) is 33.2 Å². The molecule has 1 atom stereocenters. The molecule has 1 aliphatic rings. The van der Waals surface area contributed by atoms with Crippen LogP contribution in [0.2, 0.25) is 0 Å². The molecule has 1 aromatic rings. The van der Waals surface area contributed by atoms with Crippen LogP contribution in [-0.4, -0.2) is 28.0 Å². The van der Waals surface area contributed by atoms with Gasteiger partial charge in [0.1, 0.15) is 11.6 Å². The predicted molar refractivity (Wildman–Crippen MR) is 82.0 cm³/mol. The van der Waals surface area contributed by atoms with Crippen LogP contribution in [0.15, 0.2) is 10.9 Å². The van der Waals surface area contributed by atoms with Crippen LogP contribution in [-0.2, 0) is 17.6 Å². The number of pyridine rings is 1. The second-order valence-electron chi connectivity index (χ2n) is 6.22. The average Bonchev–Trinajstić information content (AvgIpc) is 2.45. The normalized spacial score (nSPS) is 15.2. The number of fused-ring (bicyclic) bond motifs is 1. The first-order chi connectivity index (χ1) is 10.4. The van der Waals surface area contributed by atoms with Crippen molar-refractivity contribution in [2.75, 3.05) is 0 Å². The monoisotopic (exact) mass is 306 g/mol. The number of nitrogens with one attached hydrogen (secondary N) is 2. The maximum atomic E-state index is 12.3. The van der Waals surface area contributed by atoms with Gasteiger partial charge >= 0.3 is 5.97 Å². The van der Waals surface area contributed by atoms with Gasteiger partial charge in [0.15, 0.2) is 0 Å². The lowest BCUT2D eigenvalue weighted by atomic mass is 9.95. The minimum absolute atomic E-state index is 0.00402. The van der Waals surface area contributed by atoms with Crippen LogP contribution < -0.4 is 10.9 Å². The third-order valence-electron chi connectivity index (χ3n) is 3.89. The van der Waals surface area contributed by atoms with Crippen molar-refractivity contribution in [2.45, 2.75) is 52.0 Å². The number of H-pyrrole nitrogens is 1. The molecule has 0 saturated heterocycles. The Labute approximate surface area is 128 Å². The number of carboxylic acids is 1. The van der Waals surface area contributed by atoms with Crippen molar-refractivity contribution in [3.63, 3.8) is 0 Å². The number of rotatable bonds is 5. The number of carbonyl (C=O) groups excluding carboxylic acids is 1. The Morgan fingerprint density at radius 3 is 2.64 bits per heavy atom. The zero-order valence-corrected chi connectivity index (χ0v) is 12.9. The Bertz CT molecular complexity index is 634. The Morgan fingerprint density at radius 1 is 1.32 bits per heavy atom. The van der Waals surface area contributed by atoms with E-state index in [0.29, 0.717) is 6.42 Å². The molecule has 0 aliphatic heterocycles. The second-order valence-corrected chi connectivity index (χ2v) is 6.22. The first-order valence-corrected chi connectivity index (χ1v) is 7.67. The molecule has 6 heteroatoms. The van der Waals surface area contributed by atoms with E-state index in [1.54, 1.807) is 6.07 Å². The minimum Gasteiger partial charge on any atom is -0.480 e. The van der Waals surface area contributed by atoms with Gasteiger partial charge in [-0.25, -0.2) is 4.79 Å². The van der Waals surface area contributed by atoms with Crippen molar-refractivity contribution in [1.29, 1.82) is 0 Å². The van der Waals surface area contributed by atoms with Gasteiger partial charge in [-0.3, -0.25) is 9.59 Å². The summed E-state index contributed by atoms with van der Waals surface area (Å²) < 4.78 is 0. The summed E-state index contributed by atoms with van der Waals surface area (Å²) in [4.78, 5) is 38.3. The second kappa shape index (κ2) is 6.77. The number of aromatic amines is 1. The highest BCUT2D eigenvalue weighted by Crippen LogP contribution is 2.18. The average molecular weight is 306 g/mol. The fourth-order valence-electron chi connectivity index (χ4n) is 2.77. The third-order valence-corrected chi connectivity index (χ3v) is 3.89. The Balaban J connectivity index is 2.21. The number of carboxylic acid groups (broad SMARTS) is 1. The Hall–Kier alpha value is -2.11. The minimum atomic E-state index is -1.09. The smallest absolute Gasteiger partial charge is 0.326 e. The SMILES string of the molecule is CC(C)C[C@@H](NC(=O)c1cc2c([nH]c1=O)CCCC2)C(=O)O. The van der Waals surface area contributed by atoms with Crippen LogP contribution in [0.5, 0.6) is 0 Å². The molecule has 0 bridgehead atoms. The van der Waals surface area contributed by atoms with Gasteiger partial charge < -0.3 is 15.4 Å². The van der Waals surface area contributed by atoms with Gasteiger partial charge in [0, 0.05) is 5.69 Å². The maximum absolute atomic E-state index is 12.3. The fourth-order valence-corrected chi connectivity index (χ4v) is 2.77. The molecule has 6 nitrogen and oxygen atoms in total. The van der Waals surface area contributed by atoms with Crippen molar-refractivity contribution in [2.24, 2.45) is 5.92 Å². The van der Waals surface area contributed by atoms with E-state index in [1.807, 2.05) is 13.8 Å². The Kier molecular flexibility index (Phi) is 5.00. The number of aliphatic carboxylic acids is 1. The van der Waals surface area contributed by atoms with Crippen LogP contribution in [0.3, 0.4) is 0 Å². The molecule has 0 radical (unpaired) electrons. The van der Waals surface area contributed by atoms with Crippen LogP contribution in [0, 0.1) is 5.92 Å². The zero-order chi connectivity index (χ0) is 16.3. The van der Waals surface area contributed by atoms with Crippen LogP contribution >= 0.6 is 0 Å². The van der Waals surface area contributed by atoms with Crippen LogP contribution in [0.25, 0.3) is 0 Å². The summed E-state index contributed by atoms with van der Waals surface area (Å²) in [5.74, 6) is -1.58. The number of aromatic nitrogens is 1. The van der Waals surface area contributed by atoms with Gasteiger partial charge in [-0.05, 0) is 49.7 Å². The molecule has 1 heterocycles. The van der Waals surface area contributed by atoms with E-state index < -0.39 is 23.5 Å². The van der Waals surface area contributed by atoms with Gasteiger partial charge in [0.05, 0.1) is 0 Å². The number of hydrogen-bond acceptors (Lipinski definition) is 3. The molecule has 0 fully saturated rings. The van der Waals surface area contributed by atoms with E-state index in [2.05, 4.69) is 10.3 Å². The van der Waals surface area contributed by atoms with E-state index in [9.17, 15) is 19.5 Å². The molecule has 1 aliphatic carbocycles. The van der Waals surface area contributed by atoms with E-state index in [4.69, 9.17) is 0 Å². The number of carbonyl (C=O) groups is 2. The van der Waals surface area contributed by atoms with Gasteiger partial charge in [-0.1, -0.05) is 13.8 Å². The topological polar surface area (TPSA) is 99.3 Å². The first kappa shape index (κ1) is 16.3. The molecule has 1 aromatic heterocycles. The summed E-state index contributed by atoms with van der Waals surface area (Å²) in [7, 11) is 0. The summed E-state index contributed by atoms with van der Waals surface area (Å²) in [5, 5.41) is 11.6. The summed E-state index contributed by atoms with van der Waals surface area (Å²) in [6.07, 6.45) is 4.04. The third kappa shape index (κ3) is 3.75. The van der Waals surface area contributed by atoms with E-state index in [-0.39, 0.29) is 11.5 Å². The molecule has 3 N–H and O–H groups in total. The number of hydrogen-bond donors (Lipinski definition) is 3. The molecule has 120 valence electrons. The molecular weight excluding hydrogens is 284 g/mol. The summed E-state index contributed by atoms with van der Waals surface area (Å²) in [6, 6.07) is 0.625. The molecule has 0 aromatic carbocycles. The van der Waals surface area contributed by atoms with Crippen molar-refractivity contribution in [3.8, 4) is 0 Å². The van der Waals surface area contributed by atoms with Crippen molar-refractivity contribution >= 4 is 11.9 Å². The number of aryl methyl sites for hydroxylation is 2. The van der Waals surface area contributed by atoms with E-state index in [1.165, 1.54) is 0 Å². The molecule has 2 rings (SSSR count). The van der Waals surface area contributed by atoms with E-state index in [0.717, 1.165) is 36.9 Å². The zero-order valence-electron chi connectivity index (χ0n) is 12.9. The predicted octanol–water partition coefficient (Wildman–Crippen LogP) is 1.48. The van der Waals surface area contributed by atoms with Gasteiger partial charge in [0.2, 0.25) is 0 Å².